The molecule has 36 heavy (non-hydrogen) atoms. The average molecular weight is 482 g/mol. The zero-order chi connectivity index (χ0) is 24.4. The molecule has 2 heterocycles. The molecule has 0 bridgehead atoms. The minimum atomic E-state index is 0.455. The van der Waals surface area contributed by atoms with Crippen molar-refractivity contribution in [1.29, 1.82) is 0 Å². The predicted molar refractivity (Wildman–Crippen MR) is 150 cm³/mol. The van der Waals surface area contributed by atoms with Crippen molar-refractivity contribution >= 4 is 11.4 Å². The van der Waals surface area contributed by atoms with Gasteiger partial charge in [0.2, 0.25) is 0 Å². The first kappa shape index (κ1) is 24.1. The molecule has 2 aromatic carbocycles. The Hall–Kier alpha value is -2.31. The topological polar surface area (TPSA) is 10.8 Å². The smallest absolute Gasteiger partial charge is 0.187 e. The molecule has 0 N–H and O–H groups in total. The summed E-state index contributed by atoms with van der Waals surface area (Å²) < 4.78 is 0. The van der Waals surface area contributed by atoms with Gasteiger partial charge in [-0.2, -0.15) is 0 Å². The van der Waals surface area contributed by atoms with Crippen molar-refractivity contribution in [3.8, 4) is 0 Å². The molecule has 2 aliphatic heterocycles. The van der Waals surface area contributed by atoms with Gasteiger partial charge in [-0.05, 0) is 112 Å². The first-order valence-corrected chi connectivity index (χ1v) is 14.8. The van der Waals surface area contributed by atoms with Crippen LogP contribution >= 0.6 is 0 Å². The number of hydrogen-bond donors (Lipinski definition) is 0. The highest BCUT2D eigenvalue weighted by atomic mass is 15.2. The number of rotatable bonds is 5. The van der Waals surface area contributed by atoms with Gasteiger partial charge in [0.05, 0.1) is 6.57 Å². The molecule has 2 saturated heterocycles. The van der Waals surface area contributed by atoms with E-state index in [1.54, 1.807) is 11.1 Å². The summed E-state index contributed by atoms with van der Waals surface area (Å²) in [6.07, 6.45) is 15.4. The van der Waals surface area contributed by atoms with Crippen LogP contribution in [0.2, 0.25) is 0 Å². The van der Waals surface area contributed by atoms with Gasteiger partial charge >= 0.3 is 0 Å². The standard InChI is InChI=1S/C33H43N3/c1-34-30-14-16-31(17-15-30)36-21-7-8-26(25-36)24-35-22-18-29(19-23-35)33(28-11-3-4-12-28)20-6-10-27-9-2-5-13-32(27)33/h2,5,9,13-17,26,28-29H,3-4,6-8,10-12,18-25H2. The third kappa shape index (κ3) is 4.58. The molecular weight excluding hydrogens is 438 g/mol. The number of hydrogen-bond acceptors (Lipinski definition) is 2. The van der Waals surface area contributed by atoms with E-state index >= 15 is 0 Å². The Morgan fingerprint density at radius 2 is 1.56 bits per heavy atom. The number of benzene rings is 2. The maximum Gasteiger partial charge on any atom is 0.187 e. The SMILES string of the molecule is [C-]#[N+]c1ccc(N2CCCC(CN3CCC(C4(C5CCCC5)CCCc5ccccc54)CC3)C2)cc1. The van der Waals surface area contributed by atoms with E-state index in [0.29, 0.717) is 5.41 Å². The van der Waals surface area contributed by atoms with Crippen molar-refractivity contribution in [2.75, 3.05) is 37.6 Å². The van der Waals surface area contributed by atoms with Crippen LogP contribution in [0.3, 0.4) is 0 Å². The Bertz CT molecular complexity index is 1060. The van der Waals surface area contributed by atoms with E-state index in [4.69, 9.17) is 6.57 Å². The molecule has 2 aromatic rings. The van der Waals surface area contributed by atoms with E-state index in [1.807, 2.05) is 12.1 Å². The highest BCUT2D eigenvalue weighted by Crippen LogP contribution is 2.55. The van der Waals surface area contributed by atoms with Gasteiger partial charge in [-0.25, -0.2) is 4.85 Å². The van der Waals surface area contributed by atoms with Gasteiger partial charge in [-0.3, -0.25) is 0 Å². The zero-order valence-electron chi connectivity index (χ0n) is 22.0. The van der Waals surface area contributed by atoms with Gasteiger partial charge in [0.25, 0.3) is 0 Å². The molecule has 0 radical (unpaired) electrons. The lowest BCUT2D eigenvalue weighted by molar-refractivity contribution is 0.0658. The van der Waals surface area contributed by atoms with Crippen molar-refractivity contribution in [2.45, 2.75) is 76.0 Å². The molecular formula is C33H43N3. The van der Waals surface area contributed by atoms with Crippen molar-refractivity contribution in [3.63, 3.8) is 0 Å². The molecule has 6 rings (SSSR count). The van der Waals surface area contributed by atoms with Gasteiger partial charge < -0.3 is 9.80 Å². The first-order valence-electron chi connectivity index (χ1n) is 14.8. The second kappa shape index (κ2) is 10.6. The highest BCUT2D eigenvalue weighted by molar-refractivity contribution is 5.55. The molecule has 0 amide bonds. The van der Waals surface area contributed by atoms with Crippen LogP contribution in [0.4, 0.5) is 11.4 Å². The molecule has 1 saturated carbocycles. The van der Waals surface area contributed by atoms with Crippen LogP contribution in [0.25, 0.3) is 4.85 Å². The van der Waals surface area contributed by atoms with Crippen LogP contribution in [-0.2, 0) is 11.8 Å². The van der Waals surface area contributed by atoms with Crippen LogP contribution in [0.1, 0.15) is 75.3 Å². The number of nitrogens with zero attached hydrogens (tertiary/aromatic N) is 3. The molecule has 3 heteroatoms. The molecule has 2 aliphatic carbocycles. The van der Waals surface area contributed by atoms with E-state index in [0.717, 1.165) is 36.5 Å². The lowest BCUT2D eigenvalue weighted by Crippen LogP contribution is -2.50. The molecule has 3 nitrogen and oxygen atoms in total. The molecule has 2 atom stereocenters. The van der Waals surface area contributed by atoms with Crippen molar-refractivity contribution in [3.05, 3.63) is 71.1 Å². The third-order valence-electron chi connectivity index (χ3n) is 10.3. The fraction of sp³-hybridized carbons (Fsp3) is 0.606. The molecule has 0 spiro atoms. The van der Waals surface area contributed by atoms with Gasteiger partial charge in [0.15, 0.2) is 5.69 Å². The van der Waals surface area contributed by atoms with Crippen molar-refractivity contribution < 1.29 is 0 Å². The number of aryl methyl sites for hydroxylation is 1. The van der Waals surface area contributed by atoms with E-state index in [1.165, 1.54) is 96.0 Å². The zero-order valence-corrected chi connectivity index (χ0v) is 22.0. The lowest BCUT2D eigenvalue weighted by Gasteiger charge is -2.52. The van der Waals surface area contributed by atoms with Gasteiger partial charge in [0.1, 0.15) is 0 Å². The molecule has 190 valence electrons. The van der Waals surface area contributed by atoms with Crippen LogP contribution in [0.5, 0.6) is 0 Å². The maximum absolute atomic E-state index is 7.22. The minimum absolute atomic E-state index is 0.455. The summed E-state index contributed by atoms with van der Waals surface area (Å²) >= 11 is 0. The Morgan fingerprint density at radius 3 is 2.33 bits per heavy atom. The van der Waals surface area contributed by atoms with Gasteiger partial charge in [-0.1, -0.05) is 49.2 Å². The fourth-order valence-electron chi connectivity index (χ4n) is 8.70. The largest absolute Gasteiger partial charge is 0.371 e. The van der Waals surface area contributed by atoms with Crippen LogP contribution in [0, 0.1) is 24.3 Å². The quantitative estimate of drug-likeness (QED) is 0.407. The van der Waals surface area contributed by atoms with Crippen molar-refractivity contribution in [2.24, 2.45) is 17.8 Å². The third-order valence-corrected chi connectivity index (χ3v) is 10.3. The fourth-order valence-corrected chi connectivity index (χ4v) is 8.70. The number of piperidine rings is 2. The normalized spacial score (nSPS) is 28.1. The second-order valence-corrected chi connectivity index (χ2v) is 12.2. The number of fused-ring (bicyclic) bond motifs is 1. The monoisotopic (exact) mass is 481 g/mol. The maximum atomic E-state index is 7.22. The highest BCUT2D eigenvalue weighted by Gasteiger charge is 2.49. The van der Waals surface area contributed by atoms with Crippen LogP contribution in [-0.4, -0.2) is 37.6 Å². The summed E-state index contributed by atoms with van der Waals surface area (Å²) in [4.78, 5) is 8.92. The predicted octanol–water partition coefficient (Wildman–Crippen LogP) is 7.63. The first-order chi connectivity index (χ1) is 17.8. The summed E-state index contributed by atoms with van der Waals surface area (Å²) in [7, 11) is 0. The van der Waals surface area contributed by atoms with E-state index < -0.39 is 0 Å². The van der Waals surface area contributed by atoms with Crippen molar-refractivity contribution in [1.82, 2.24) is 4.90 Å². The average Bonchev–Trinajstić information content (AvgIpc) is 3.49. The van der Waals surface area contributed by atoms with Gasteiger partial charge in [0, 0.05) is 30.7 Å². The summed E-state index contributed by atoms with van der Waals surface area (Å²) in [6, 6.07) is 17.8. The second-order valence-electron chi connectivity index (χ2n) is 12.2. The summed E-state index contributed by atoms with van der Waals surface area (Å²) in [6.45, 7) is 13.4. The number of likely N-dealkylation sites (tertiary alicyclic amines) is 1. The van der Waals surface area contributed by atoms with Gasteiger partial charge in [-0.15, -0.1) is 0 Å². The lowest BCUT2D eigenvalue weighted by atomic mass is 9.54. The Morgan fingerprint density at radius 1 is 0.806 bits per heavy atom. The molecule has 2 unspecified atom stereocenters. The van der Waals surface area contributed by atoms with E-state index in [2.05, 4.69) is 51.0 Å². The molecule has 0 aromatic heterocycles. The van der Waals surface area contributed by atoms with Crippen LogP contribution in [0.15, 0.2) is 48.5 Å². The summed E-state index contributed by atoms with van der Waals surface area (Å²) in [5.74, 6) is 2.54. The Balaban J connectivity index is 1.11. The molecule has 4 aliphatic rings. The number of anilines is 1. The van der Waals surface area contributed by atoms with Crippen LogP contribution < -0.4 is 4.90 Å². The summed E-state index contributed by atoms with van der Waals surface area (Å²) in [5, 5.41) is 0. The van der Waals surface area contributed by atoms with E-state index in [9.17, 15) is 0 Å². The van der Waals surface area contributed by atoms with E-state index in [-0.39, 0.29) is 0 Å². The summed E-state index contributed by atoms with van der Waals surface area (Å²) in [5.41, 5.74) is 5.92. The minimum Gasteiger partial charge on any atom is -0.371 e. The molecule has 3 fully saturated rings. The Labute approximate surface area is 218 Å². The Kier molecular flexibility index (Phi) is 7.07.